The van der Waals surface area contributed by atoms with E-state index in [0.717, 1.165) is 30.7 Å². The second-order valence-corrected chi connectivity index (χ2v) is 4.97. The van der Waals surface area contributed by atoms with Crippen molar-refractivity contribution in [1.82, 2.24) is 10.2 Å². The number of rotatable bonds is 6. The summed E-state index contributed by atoms with van der Waals surface area (Å²) in [6.45, 7) is 6.05. The van der Waals surface area contributed by atoms with E-state index >= 15 is 0 Å². The number of nitrogens with zero attached hydrogens (tertiary/aromatic N) is 2. The molecule has 0 bridgehead atoms. The fourth-order valence-corrected chi connectivity index (χ4v) is 1.93. The predicted octanol–water partition coefficient (Wildman–Crippen LogP) is 2.87. The smallest absolute Gasteiger partial charge is 0.229 e. The van der Waals surface area contributed by atoms with Crippen LogP contribution in [-0.4, -0.2) is 16.1 Å². The summed E-state index contributed by atoms with van der Waals surface area (Å²) in [7, 11) is 0. The normalized spacial score (nSPS) is 12.4. The molecule has 1 amide bonds. The van der Waals surface area contributed by atoms with Crippen LogP contribution in [0.3, 0.4) is 0 Å². The van der Waals surface area contributed by atoms with Crippen molar-refractivity contribution in [1.29, 1.82) is 0 Å². The van der Waals surface area contributed by atoms with Crippen LogP contribution in [0.5, 0.6) is 0 Å². The zero-order chi connectivity index (χ0) is 12.0. The predicted molar refractivity (Wildman–Crippen MR) is 66.6 cm³/mol. The van der Waals surface area contributed by atoms with Crippen LogP contribution < -0.4 is 5.32 Å². The van der Waals surface area contributed by atoms with E-state index in [-0.39, 0.29) is 11.8 Å². The molecular weight excluding hydrogens is 222 g/mol. The standard InChI is InChI=1S/C11H19N3OS/c1-4-6-7-9-13-14-11(16-9)12-10(15)8(3)5-2/h8H,4-7H2,1-3H3,(H,12,14,15). The summed E-state index contributed by atoms with van der Waals surface area (Å²) < 4.78 is 0. The molecule has 1 heterocycles. The molecule has 1 aromatic heterocycles. The van der Waals surface area contributed by atoms with E-state index in [1.54, 1.807) is 0 Å². The Morgan fingerprint density at radius 1 is 1.44 bits per heavy atom. The topological polar surface area (TPSA) is 54.9 Å². The highest BCUT2D eigenvalue weighted by Crippen LogP contribution is 2.18. The van der Waals surface area contributed by atoms with Crippen molar-refractivity contribution in [3.63, 3.8) is 0 Å². The zero-order valence-electron chi connectivity index (χ0n) is 10.1. The van der Waals surface area contributed by atoms with E-state index in [9.17, 15) is 4.79 Å². The number of carbonyl (C=O) groups excluding carboxylic acids is 1. The third-order valence-corrected chi connectivity index (χ3v) is 3.40. The molecule has 1 rings (SSSR count). The second-order valence-electron chi connectivity index (χ2n) is 3.90. The number of hydrogen-bond donors (Lipinski definition) is 1. The van der Waals surface area contributed by atoms with Gasteiger partial charge >= 0.3 is 0 Å². The SMILES string of the molecule is CCCCc1nnc(NC(=O)C(C)CC)s1. The summed E-state index contributed by atoms with van der Waals surface area (Å²) >= 11 is 1.47. The molecule has 0 saturated carbocycles. The maximum atomic E-state index is 11.6. The lowest BCUT2D eigenvalue weighted by Gasteiger charge is -2.06. The quantitative estimate of drug-likeness (QED) is 0.833. The minimum atomic E-state index is 0.0284. The lowest BCUT2D eigenvalue weighted by atomic mass is 10.1. The van der Waals surface area contributed by atoms with Gasteiger partial charge in [-0.1, -0.05) is 38.5 Å². The van der Waals surface area contributed by atoms with Gasteiger partial charge in [-0.2, -0.15) is 0 Å². The van der Waals surface area contributed by atoms with Gasteiger partial charge in [0.2, 0.25) is 11.0 Å². The van der Waals surface area contributed by atoms with Crippen molar-refractivity contribution in [2.45, 2.75) is 46.5 Å². The van der Waals surface area contributed by atoms with Crippen molar-refractivity contribution in [2.24, 2.45) is 5.92 Å². The lowest BCUT2D eigenvalue weighted by molar-refractivity contribution is -0.119. The van der Waals surface area contributed by atoms with Gasteiger partial charge in [-0.25, -0.2) is 0 Å². The lowest BCUT2D eigenvalue weighted by Crippen LogP contribution is -2.19. The summed E-state index contributed by atoms with van der Waals surface area (Å²) in [6.07, 6.45) is 4.06. The molecule has 1 atom stereocenters. The van der Waals surface area contributed by atoms with Gasteiger partial charge in [0.05, 0.1) is 0 Å². The molecule has 0 saturated heterocycles. The number of anilines is 1. The first-order valence-electron chi connectivity index (χ1n) is 5.80. The number of hydrogen-bond acceptors (Lipinski definition) is 4. The average molecular weight is 241 g/mol. The highest BCUT2D eigenvalue weighted by molar-refractivity contribution is 7.15. The Hall–Kier alpha value is -0.970. The molecule has 0 radical (unpaired) electrons. The Bertz CT molecular complexity index is 338. The Morgan fingerprint density at radius 2 is 2.19 bits per heavy atom. The van der Waals surface area contributed by atoms with E-state index in [1.165, 1.54) is 11.3 Å². The zero-order valence-corrected chi connectivity index (χ0v) is 10.9. The van der Waals surface area contributed by atoms with Crippen molar-refractivity contribution < 1.29 is 4.79 Å². The first kappa shape index (κ1) is 13.1. The van der Waals surface area contributed by atoms with Gasteiger partial charge in [-0.05, 0) is 12.8 Å². The molecule has 0 spiro atoms. The van der Waals surface area contributed by atoms with Gasteiger partial charge in [0.15, 0.2) is 0 Å². The highest BCUT2D eigenvalue weighted by atomic mass is 32.1. The molecule has 0 aliphatic heterocycles. The van der Waals surface area contributed by atoms with E-state index in [1.807, 2.05) is 13.8 Å². The third-order valence-electron chi connectivity index (χ3n) is 2.50. The molecule has 5 heteroatoms. The number of aryl methyl sites for hydroxylation is 1. The fraction of sp³-hybridized carbons (Fsp3) is 0.727. The van der Waals surface area contributed by atoms with Crippen molar-refractivity contribution >= 4 is 22.4 Å². The Labute approximate surface area is 100 Å². The monoisotopic (exact) mass is 241 g/mol. The van der Waals surface area contributed by atoms with Crippen LogP contribution in [-0.2, 0) is 11.2 Å². The minimum absolute atomic E-state index is 0.0284. The van der Waals surface area contributed by atoms with E-state index in [4.69, 9.17) is 0 Å². The van der Waals surface area contributed by atoms with Crippen LogP contribution in [0, 0.1) is 5.92 Å². The second kappa shape index (κ2) is 6.58. The number of amides is 1. The summed E-state index contributed by atoms with van der Waals surface area (Å²) in [5, 5.41) is 12.4. The van der Waals surface area contributed by atoms with Crippen LogP contribution in [0.2, 0.25) is 0 Å². The van der Waals surface area contributed by atoms with Gasteiger partial charge in [0, 0.05) is 12.3 Å². The molecule has 0 fully saturated rings. The minimum Gasteiger partial charge on any atom is -0.300 e. The van der Waals surface area contributed by atoms with E-state index < -0.39 is 0 Å². The molecule has 16 heavy (non-hydrogen) atoms. The highest BCUT2D eigenvalue weighted by Gasteiger charge is 2.13. The summed E-state index contributed by atoms with van der Waals surface area (Å²) in [6, 6.07) is 0. The van der Waals surface area contributed by atoms with Gasteiger partial charge in [0.25, 0.3) is 0 Å². The Balaban J connectivity index is 2.48. The number of aromatic nitrogens is 2. The van der Waals surface area contributed by atoms with Gasteiger partial charge in [-0.3, -0.25) is 4.79 Å². The molecule has 1 aromatic rings. The van der Waals surface area contributed by atoms with Crippen LogP contribution >= 0.6 is 11.3 Å². The van der Waals surface area contributed by atoms with E-state index in [0.29, 0.717) is 5.13 Å². The Morgan fingerprint density at radius 3 is 2.81 bits per heavy atom. The maximum absolute atomic E-state index is 11.6. The number of nitrogens with one attached hydrogen (secondary N) is 1. The largest absolute Gasteiger partial charge is 0.300 e. The summed E-state index contributed by atoms with van der Waals surface area (Å²) in [5.41, 5.74) is 0. The summed E-state index contributed by atoms with van der Waals surface area (Å²) in [5.74, 6) is 0.0590. The Kier molecular flexibility index (Phi) is 5.38. The molecule has 0 aliphatic carbocycles. The van der Waals surface area contributed by atoms with Crippen molar-refractivity contribution in [2.75, 3.05) is 5.32 Å². The van der Waals surface area contributed by atoms with Crippen molar-refractivity contribution in [3.8, 4) is 0 Å². The number of carbonyl (C=O) groups is 1. The molecular formula is C11H19N3OS. The first-order valence-corrected chi connectivity index (χ1v) is 6.62. The average Bonchev–Trinajstić information content (AvgIpc) is 2.72. The molecule has 0 aliphatic rings. The van der Waals surface area contributed by atoms with Crippen LogP contribution in [0.4, 0.5) is 5.13 Å². The number of unbranched alkanes of at least 4 members (excludes halogenated alkanes) is 1. The fourth-order valence-electron chi connectivity index (χ4n) is 1.15. The van der Waals surface area contributed by atoms with Crippen LogP contribution in [0.1, 0.15) is 45.0 Å². The van der Waals surface area contributed by atoms with Gasteiger partial charge in [-0.15, -0.1) is 10.2 Å². The third kappa shape index (κ3) is 3.89. The van der Waals surface area contributed by atoms with E-state index in [2.05, 4.69) is 22.4 Å². The summed E-state index contributed by atoms with van der Waals surface area (Å²) in [4.78, 5) is 11.6. The van der Waals surface area contributed by atoms with Gasteiger partial charge in [0.1, 0.15) is 5.01 Å². The van der Waals surface area contributed by atoms with Crippen molar-refractivity contribution in [3.05, 3.63) is 5.01 Å². The molecule has 0 aromatic carbocycles. The van der Waals surface area contributed by atoms with Crippen LogP contribution in [0.15, 0.2) is 0 Å². The molecule has 1 N–H and O–H groups in total. The molecule has 90 valence electrons. The molecule has 1 unspecified atom stereocenters. The van der Waals surface area contributed by atoms with Gasteiger partial charge < -0.3 is 5.32 Å². The molecule has 4 nitrogen and oxygen atoms in total. The first-order chi connectivity index (χ1) is 7.67. The maximum Gasteiger partial charge on any atom is 0.229 e. The van der Waals surface area contributed by atoms with Crippen LogP contribution in [0.25, 0.3) is 0 Å².